The fraction of sp³-hybridized carbons (Fsp3) is 0.0476. The Hall–Kier alpha value is -2.21. The Bertz CT molecular complexity index is 1120. The third-order valence-corrected chi connectivity index (χ3v) is 5.61. The summed E-state index contributed by atoms with van der Waals surface area (Å²) in [6.07, 6.45) is 3.13. The van der Waals surface area contributed by atoms with Gasteiger partial charge in [-0.2, -0.15) is 0 Å². The largest absolute Gasteiger partial charge is 0.487 e. The number of rotatable bonds is 5. The van der Waals surface area contributed by atoms with Crippen LogP contribution in [-0.4, -0.2) is 11.9 Å². The lowest BCUT2D eigenvalue weighted by Crippen LogP contribution is -2.04. The second-order valence-electron chi connectivity index (χ2n) is 6.01. The number of hydrogen-bond donors (Lipinski definition) is 0. The van der Waals surface area contributed by atoms with Gasteiger partial charge in [-0.1, -0.05) is 18.2 Å². The van der Waals surface area contributed by atoms with Crippen LogP contribution in [0.5, 0.6) is 5.75 Å². The molecule has 2 heterocycles. The van der Waals surface area contributed by atoms with E-state index < -0.39 is 5.97 Å². The van der Waals surface area contributed by atoms with Crippen LogP contribution in [0.3, 0.4) is 0 Å². The molecule has 0 amide bonds. The lowest BCUT2D eigenvalue weighted by Gasteiger charge is -2.12. The Morgan fingerprint density at radius 2 is 1.86 bits per heavy atom. The van der Waals surface area contributed by atoms with Crippen LogP contribution in [0.4, 0.5) is 4.39 Å². The molecular weight excluding hydrogens is 603 g/mol. The topological polar surface area (TPSA) is 61.0 Å². The minimum absolute atomic E-state index is 0.127. The van der Waals surface area contributed by atoms with Gasteiger partial charge in [-0.25, -0.2) is 14.2 Å². The van der Waals surface area contributed by atoms with Gasteiger partial charge >= 0.3 is 5.97 Å². The minimum atomic E-state index is -0.540. The SMILES string of the molecule is O=C1OC(c2ccco2)=N/C1=C\c1cc(I)c(OCc2ccccc2F)c(I)c1. The number of carbonyl (C=O) groups is 1. The quantitative estimate of drug-likeness (QED) is 0.215. The Kier molecular flexibility index (Phi) is 5.99. The van der Waals surface area contributed by atoms with Crippen molar-refractivity contribution in [3.05, 3.63) is 90.3 Å². The first-order valence-electron chi connectivity index (χ1n) is 8.43. The van der Waals surface area contributed by atoms with Crippen LogP contribution in [-0.2, 0) is 16.1 Å². The number of benzene rings is 2. The first-order chi connectivity index (χ1) is 14.0. The van der Waals surface area contributed by atoms with E-state index in [0.29, 0.717) is 17.1 Å². The van der Waals surface area contributed by atoms with Crippen LogP contribution < -0.4 is 4.74 Å². The molecule has 1 aliphatic rings. The summed E-state index contributed by atoms with van der Waals surface area (Å²) in [6.45, 7) is 0.127. The summed E-state index contributed by atoms with van der Waals surface area (Å²) in [5.74, 6) is 0.346. The van der Waals surface area contributed by atoms with E-state index in [9.17, 15) is 9.18 Å². The first-order valence-corrected chi connectivity index (χ1v) is 10.6. The highest BCUT2D eigenvalue weighted by Gasteiger charge is 2.26. The van der Waals surface area contributed by atoms with Crippen molar-refractivity contribution in [1.82, 2.24) is 0 Å². The molecule has 0 spiro atoms. The van der Waals surface area contributed by atoms with E-state index in [1.165, 1.54) is 12.3 Å². The Morgan fingerprint density at radius 3 is 2.55 bits per heavy atom. The lowest BCUT2D eigenvalue weighted by atomic mass is 10.2. The molecule has 0 fully saturated rings. The van der Waals surface area contributed by atoms with Crippen molar-refractivity contribution in [3.8, 4) is 5.75 Å². The van der Waals surface area contributed by atoms with Crippen molar-refractivity contribution in [2.75, 3.05) is 0 Å². The highest BCUT2D eigenvalue weighted by atomic mass is 127. The number of ether oxygens (including phenoxy) is 2. The molecule has 2 aromatic carbocycles. The molecule has 8 heteroatoms. The van der Waals surface area contributed by atoms with Crippen LogP contribution in [0, 0.1) is 13.0 Å². The normalized spacial score (nSPS) is 14.8. The third-order valence-electron chi connectivity index (χ3n) is 4.01. The van der Waals surface area contributed by atoms with Gasteiger partial charge < -0.3 is 13.9 Å². The maximum absolute atomic E-state index is 13.8. The number of aliphatic imine (C=N–C) groups is 1. The van der Waals surface area contributed by atoms with E-state index in [1.54, 1.807) is 36.4 Å². The van der Waals surface area contributed by atoms with Gasteiger partial charge in [0, 0.05) is 5.56 Å². The van der Waals surface area contributed by atoms with Gasteiger partial charge in [-0.05, 0) is 87.2 Å². The fourth-order valence-electron chi connectivity index (χ4n) is 2.64. The van der Waals surface area contributed by atoms with E-state index >= 15 is 0 Å². The summed E-state index contributed by atoms with van der Waals surface area (Å²) in [5.41, 5.74) is 1.44. The van der Waals surface area contributed by atoms with E-state index in [1.807, 2.05) is 12.1 Å². The van der Waals surface area contributed by atoms with Crippen molar-refractivity contribution >= 4 is 63.1 Å². The molecule has 3 aromatic rings. The summed E-state index contributed by atoms with van der Waals surface area (Å²) in [7, 11) is 0. The van der Waals surface area contributed by atoms with Gasteiger partial charge in [-0.3, -0.25) is 0 Å². The summed E-state index contributed by atoms with van der Waals surface area (Å²) < 4.78 is 31.7. The number of carbonyl (C=O) groups excluding carboxylic acids is 1. The highest BCUT2D eigenvalue weighted by Crippen LogP contribution is 2.31. The molecule has 0 N–H and O–H groups in total. The monoisotopic (exact) mass is 615 g/mol. The predicted octanol–water partition coefficient (Wildman–Crippen LogP) is 5.55. The Labute approximate surface area is 192 Å². The van der Waals surface area contributed by atoms with Gasteiger partial charge in [-0.15, -0.1) is 0 Å². The number of hydrogen-bond acceptors (Lipinski definition) is 5. The molecule has 0 saturated carbocycles. The predicted molar refractivity (Wildman–Crippen MR) is 122 cm³/mol. The van der Waals surface area contributed by atoms with Crippen LogP contribution in [0.1, 0.15) is 16.9 Å². The average Bonchev–Trinajstić information content (AvgIpc) is 3.33. The summed E-state index contributed by atoms with van der Waals surface area (Å²) >= 11 is 4.30. The zero-order chi connectivity index (χ0) is 20.4. The summed E-state index contributed by atoms with van der Waals surface area (Å²) in [4.78, 5) is 16.3. The molecule has 146 valence electrons. The zero-order valence-corrected chi connectivity index (χ0v) is 19.0. The lowest BCUT2D eigenvalue weighted by molar-refractivity contribution is -0.130. The van der Waals surface area contributed by atoms with Crippen molar-refractivity contribution in [2.24, 2.45) is 4.99 Å². The Balaban J connectivity index is 1.56. The van der Waals surface area contributed by atoms with Crippen molar-refractivity contribution in [3.63, 3.8) is 0 Å². The van der Waals surface area contributed by atoms with Crippen molar-refractivity contribution in [2.45, 2.75) is 6.61 Å². The number of cyclic esters (lactones) is 1. The highest BCUT2D eigenvalue weighted by molar-refractivity contribution is 14.1. The second kappa shape index (κ2) is 8.66. The molecule has 0 atom stereocenters. The van der Waals surface area contributed by atoms with Crippen LogP contribution in [0.2, 0.25) is 0 Å². The van der Waals surface area contributed by atoms with Gasteiger partial charge in [0.15, 0.2) is 11.5 Å². The number of furan rings is 1. The minimum Gasteiger partial charge on any atom is -0.487 e. The molecule has 4 rings (SSSR count). The smallest absolute Gasteiger partial charge is 0.363 e. The molecule has 29 heavy (non-hydrogen) atoms. The van der Waals surface area contributed by atoms with Crippen LogP contribution >= 0.6 is 45.2 Å². The van der Waals surface area contributed by atoms with Gasteiger partial charge in [0.25, 0.3) is 5.90 Å². The van der Waals surface area contributed by atoms with E-state index in [4.69, 9.17) is 13.9 Å². The van der Waals surface area contributed by atoms with E-state index in [0.717, 1.165) is 12.7 Å². The Morgan fingerprint density at radius 1 is 1.10 bits per heavy atom. The van der Waals surface area contributed by atoms with E-state index in [2.05, 4.69) is 50.2 Å². The number of esters is 1. The molecule has 0 radical (unpaired) electrons. The number of halogens is 3. The van der Waals surface area contributed by atoms with Crippen molar-refractivity contribution < 1.29 is 23.1 Å². The van der Waals surface area contributed by atoms with Gasteiger partial charge in [0.2, 0.25) is 0 Å². The van der Waals surface area contributed by atoms with Gasteiger partial charge in [0.1, 0.15) is 18.2 Å². The molecule has 0 aliphatic carbocycles. The molecular formula is C21H12FI2NO4. The maximum Gasteiger partial charge on any atom is 0.363 e. The van der Waals surface area contributed by atoms with Gasteiger partial charge in [0.05, 0.1) is 13.4 Å². The third kappa shape index (κ3) is 4.53. The fourth-order valence-corrected chi connectivity index (χ4v) is 4.77. The van der Waals surface area contributed by atoms with Crippen LogP contribution in [0.15, 0.2) is 69.9 Å². The first kappa shape index (κ1) is 20.1. The summed E-state index contributed by atoms with van der Waals surface area (Å²) in [5, 5.41) is 0. The molecule has 1 aromatic heterocycles. The number of nitrogens with zero attached hydrogens (tertiary/aromatic N) is 1. The van der Waals surface area contributed by atoms with E-state index in [-0.39, 0.29) is 24.0 Å². The maximum atomic E-state index is 13.8. The molecule has 0 unspecified atom stereocenters. The summed E-state index contributed by atoms with van der Waals surface area (Å²) in [6, 6.07) is 13.6. The second-order valence-corrected chi connectivity index (χ2v) is 8.33. The molecule has 0 bridgehead atoms. The molecule has 1 aliphatic heterocycles. The van der Waals surface area contributed by atoms with Crippen LogP contribution in [0.25, 0.3) is 6.08 Å². The average molecular weight is 615 g/mol. The standard InChI is InChI=1S/C21H12FI2NO4/c22-14-5-2-1-4-13(14)11-28-19-15(23)8-12(9-16(19)24)10-17-21(26)29-20(25-17)18-6-3-7-27-18/h1-10H,11H2/b17-10-. The zero-order valence-electron chi connectivity index (χ0n) is 14.7. The van der Waals surface area contributed by atoms with Crippen molar-refractivity contribution in [1.29, 1.82) is 0 Å². The molecule has 5 nitrogen and oxygen atoms in total. The molecule has 0 saturated heterocycles.